The second-order valence-corrected chi connectivity index (χ2v) is 5.66. The van der Waals surface area contributed by atoms with Crippen molar-refractivity contribution in [1.82, 2.24) is 5.32 Å². The van der Waals surface area contributed by atoms with Crippen LogP contribution in [-0.4, -0.2) is 44.9 Å². The number of hydrogen-bond donors (Lipinski definition) is 1. The van der Waals surface area contributed by atoms with Crippen molar-refractivity contribution in [2.24, 2.45) is 0 Å². The number of allylic oxidation sites excluding steroid dienone is 2. The molecular formula is C19H25N3O4Rb2. The van der Waals surface area contributed by atoms with Gasteiger partial charge in [-0.1, -0.05) is 29.8 Å². The summed E-state index contributed by atoms with van der Waals surface area (Å²) in [6.45, 7) is 2.79. The summed E-state index contributed by atoms with van der Waals surface area (Å²) < 4.78 is 5.17. The molecule has 7 nitrogen and oxygen atoms in total. The van der Waals surface area contributed by atoms with Crippen LogP contribution in [0.15, 0.2) is 36.0 Å². The first-order valence-electron chi connectivity index (χ1n) is 8.40. The Kier molecular flexibility index (Phi) is 22.1. The number of nitrogens with zero attached hydrogens (tertiary/aromatic N) is 2. The van der Waals surface area contributed by atoms with Gasteiger partial charge in [0, 0.05) is 38.3 Å². The number of amides is 2. The van der Waals surface area contributed by atoms with Crippen molar-refractivity contribution in [3.05, 3.63) is 57.8 Å². The van der Waals surface area contributed by atoms with E-state index in [1.807, 2.05) is 31.2 Å². The van der Waals surface area contributed by atoms with Gasteiger partial charge in [-0.05, 0) is 18.9 Å². The van der Waals surface area contributed by atoms with Crippen molar-refractivity contribution in [3.63, 3.8) is 0 Å². The molecule has 142 valence electrons. The Morgan fingerprint density at radius 3 is 2.39 bits per heavy atom. The van der Waals surface area contributed by atoms with Crippen LogP contribution >= 0.6 is 0 Å². The zero-order valence-corrected chi connectivity index (χ0v) is 27.1. The SMILES string of the molecule is CN/C(C)=C\C(=O)Cc1ccc(C[N-]C(=O)COCCC[N-]C=O)cc1.[Rb+].[Rb+]. The van der Waals surface area contributed by atoms with Gasteiger partial charge in [0.2, 0.25) is 0 Å². The minimum Gasteiger partial charge on any atom is -0.656 e. The topological polar surface area (TPSA) is 101 Å². The summed E-state index contributed by atoms with van der Waals surface area (Å²) >= 11 is 0. The van der Waals surface area contributed by atoms with E-state index in [-0.39, 0.29) is 141 Å². The summed E-state index contributed by atoms with van der Waals surface area (Å²) in [7, 11) is 1.77. The van der Waals surface area contributed by atoms with Gasteiger partial charge < -0.3 is 30.3 Å². The summed E-state index contributed by atoms with van der Waals surface area (Å²) in [6.07, 6.45) is 3.01. The van der Waals surface area contributed by atoms with E-state index < -0.39 is 0 Å². The van der Waals surface area contributed by atoms with Gasteiger partial charge in [-0.2, -0.15) is 0 Å². The Hall–Kier alpha value is 0.940. The monoisotopic (exact) mass is 529 g/mol. The largest absolute Gasteiger partial charge is 1.00 e. The van der Waals surface area contributed by atoms with E-state index in [0.717, 1.165) is 16.8 Å². The van der Waals surface area contributed by atoms with Crippen molar-refractivity contribution >= 4 is 18.1 Å². The number of rotatable bonds is 13. The fourth-order valence-corrected chi connectivity index (χ4v) is 2.02. The molecule has 0 aromatic heterocycles. The Bertz CT molecular complexity index is 622. The minimum atomic E-state index is -0.329. The van der Waals surface area contributed by atoms with Crippen molar-refractivity contribution in [2.45, 2.75) is 26.3 Å². The number of hydrogen-bond acceptors (Lipinski definition) is 5. The first-order valence-corrected chi connectivity index (χ1v) is 8.40. The third kappa shape index (κ3) is 15.7. The Labute approximate surface area is 264 Å². The predicted octanol–water partition coefficient (Wildman–Crippen LogP) is -3.73. The van der Waals surface area contributed by atoms with Gasteiger partial charge in [-0.15, -0.1) is 13.1 Å². The fourth-order valence-electron chi connectivity index (χ4n) is 2.02. The van der Waals surface area contributed by atoms with E-state index in [4.69, 9.17) is 4.74 Å². The molecule has 0 aliphatic carbocycles. The molecular weight excluding hydrogens is 505 g/mol. The second-order valence-electron chi connectivity index (χ2n) is 5.66. The smallest absolute Gasteiger partial charge is 0.656 e. The number of nitrogens with one attached hydrogen (secondary N) is 1. The Morgan fingerprint density at radius 1 is 1.14 bits per heavy atom. The molecule has 0 bridgehead atoms. The van der Waals surface area contributed by atoms with Gasteiger partial charge in [0.1, 0.15) is 0 Å². The van der Waals surface area contributed by atoms with Crippen LogP contribution in [0.1, 0.15) is 24.5 Å². The van der Waals surface area contributed by atoms with E-state index in [1.54, 1.807) is 13.1 Å². The third-order valence-corrected chi connectivity index (χ3v) is 3.49. The molecule has 1 N–H and O–H groups in total. The molecule has 0 atom stereocenters. The van der Waals surface area contributed by atoms with Crippen molar-refractivity contribution < 1.29 is 135 Å². The summed E-state index contributed by atoms with van der Waals surface area (Å²) in [5.74, 6) is -0.299. The second kappa shape index (κ2) is 19.9. The average Bonchev–Trinajstić information content (AvgIpc) is 2.63. The van der Waals surface area contributed by atoms with Crippen LogP contribution in [0.3, 0.4) is 0 Å². The standard InChI is InChI=1S/C19H27N3O4.2Rb/c1-15(20-2)10-18(24)11-16-4-6-17(7-5-16)12-22-19(25)13-26-9-3-8-21-14-23;;/h4-7,10,14H,3,8-9,11-13H2,1-2H3,(H3,20,21,22,23,24,25);;/q;2*+1/p-2. The first-order chi connectivity index (χ1) is 12.5. The number of ketones is 1. The third-order valence-electron chi connectivity index (χ3n) is 3.49. The molecule has 0 spiro atoms. The number of ether oxygens (including phenoxy) is 1. The van der Waals surface area contributed by atoms with Crippen molar-refractivity contribution in [2.75, 3.05) is 26.8 Å². The summed E-state index contributed by atoms with van der Waals surface area (Å²) in [6, 6.07) is 7.44. The van der Waals surface area contributed by atoms with E-state index in [0.29, 0.717) is 32.4 Å². The minimum absolute atomic E-state index is 0. The molecule has 0 saturated heterocycles. The maximum atomic E-state index is 11.8. The molecule has 9 heteroatoms. The van der Waals surface area contributed by atoms with E-state index >= 15 is 0 Å². The molecule has 0 heterocycles. The Balaban J connectivity index is 0. The van der Waals surface area contributed by atoms with Crippen molar-refractivity contribution in [3.8, 4) is 0 Å². The van der Waals surface area contributed by atoms with E-state index in [1.165, 1.54) is 0 Å². The molecule has 0 aliphatic heterocycles. The fraction of sp³-hybridized carbons (Fsp3) is 0.421. The molecule has 0 aliphatic rings. The number of carbonyl (C=O) groups excluding carboxylic acids is 3. The van der Waals surface area contributed by atoms with Crippen LogP contribution in [-0.2, 0) is 32.1 Å². The molecule has 0 unspecified atom stereocenters. The summed E-state index contributed by atoms with van der Waals surface area (Å²) in [5, 5.41) is 10.4. The van der Waals surface area contributed by atoms with Crippen LogP contribution in [0.4, 0.5) is 0 Å². The van der Waals surface area contributed by atoms with Crippen LogP contribution in [0, 0.1) is 0 Å². The van der Waals surface area contributed by atoms with Gasteiger partial charge in [0.15, 0.2) is 5.78 Å². The summed E-state index contributed by atoms with van der Waals surface area (Å²) in [5.41, 5.74) is 2.62. The normalized spacial score (nSPS) is 10.1. The maximum Gasteiger partial charge on any atom is 1.00 e. The van der Waals surface area contributed by atoms with Crippen molar-refractivity contribution in [1.29, 1.82) is 0 Å². The number of carbonyl (C=O) groups is 3. The van der Waals surface area contributed by atoms with Crippen LogP contribution in [0.2, 0.25) is 0 Å². The predicted molar refractivity (Wildman–Crippen MR) is 99.8 cm³/mol. The number of benzene rings is 1. The molecule has 1 rings (SSSR count). The Morgan fingerprint density at radius 2 is 1.79 bits per heavy atom. The summed E-state index contributed by atoms with van der Waals surface area (Å²) in [4.78, 5) is 33.5. The van der Waals surface area contributed by atoms with Gasteiger partial charge in [0.05, 0.1) is 12.5 Å². The molecule has 0 radical (unpaired) electrons. The van der Waals surface area contributed by atoms with E-state index in [9.17, 15) is 14.4 Å². The molecule has 28 heavy (non-hydrogen) atoms. The first kappa shape index (κ1) is 31.1. The van der Waals surface area contributed by atoms with Crippen LogP contribution < -0.4 is 122 Å². The quantitative estimate of drug-likeness (QED) is 0.161. The molecule has 1 aromatic rings. The molecule has 1 aromatic carbocycles. The maximum absolute atomic E-state index is 11.8. The van der Waals surface area contributed by atoms with Crippen LogP contribution in [0.5, 0.6) is 0 Å². The zero-order chi connectivity index (χ0) is 19.2. The molecule has 2 amide bonds. The molecule has 0 fully saturated rings. The zero-order valence-electron chi connectivity index (χ0n) is 17.2. The molecule has 0 saturated carbocycles. The average molecular weight is 530 g/mol. The van der Waals surface area contributed by atoms with Gasteiger partial charge >= 0.3 is 116 Å². The van der Waals surface area contributed by atoms with Gasteiger partial charge in [-0.3, -0.25) is 4.79 Å². The van der Waals surface area contributed by atoms with Gasteiger partial charge in [0.25, 0.3) is 0 Å². The van der Waals surface area contributed by atoms with E-state index in [2.05, 4.69) is 16.0 Å². The van der Waals surface area contributed by atoms with Crippen LogP contribution in [0.25, 0.3) is 10.6 Å². The van der Waals surface area contributed by atoms with Gasteiger partial charge in [-0.25, -0.2) is 0 Å².